The summed E-state index contributed by atoms with van der Waals surface area (Å²) in [5, 5.41) is 8.64. The number of benzene rings is 1. The number of halogens is 2. The molecule has 0 N–H and O–H groups in total. The highest BCUT2D eigenvalue weighted by Gasteiger charge is 2.19. The van der Waals surface area contributed by atoms with E-state index >= 15 is 0 Å². The van der Waals surface area contributed by atoms with Crippen LogP contribution in [0.2, 0.25) is 0 Å². The first-order valence-electron chi connectivity index (χ1n) is 6.98. The van der Waals surface area contributed by atoms with E-state index in [1.54, 1.807) is 12.1 Å². The highest BCUT2D eigenvalue weighted by molar-refractivity contribution is 5.34. The predicted octanol–water partition coefficient (Wildman–Crippen LogP) is 4.60. The molecule has 1 aliphatic carbocycles. The van der Waals surface area contributed by atoms with Crippen LogP contribution in [0.15, 0.2) is 12.1 Å². The van der Waals surface area contributed by atoms with Gasteiger partial charge in [0.1, 0.15) is 6.07 Å². The molecule has 1 aromatic rings. The normalized spacial score (nSPS) is 23.1. The standard InChI is InChI=1S/C16H19F2N/c1-11-2-4-12(5-3-11)6-7-13-8-9-14(10-19)16(18)15(13)17/h8-9,11-12H,2-7H2,1H3. The van der Waals surface area contributed by atoms with Gasteiger partial charge in [-0.05, 0) is 36.3 Å². The van der Waals surface area contributed by atoms with E-state index in [-0.39, 0.29) is 5.56 Å². The third kappa shape index (κ3) is 3.32. The molecule has 1 aliphatic rings. The second-order valence-corrected chi connectivity index (χ2v) is 5.68. The minimum absolute atomic E-state index is 0.215. The molecule has 2 rings (SSSR count). The van der Waals surface area contributed by atoms with Crippen molar-refractivity contribution in [1.29, 1.82) is 5.26 Å². The van der Waals surface area contributed by atoms with Gasteiger partial charge in [-0.3, -0.25) is 0 Å². The van der Waals surface area contributed by atoms with Gasteiger partial charge < -0.3 is 0 Å². The zero-order chi connectivity index (χ0) is 13.8. The number of rotatable bonds is 3. The van der Waals surface area contributed by atoms with Gasteiger partial charge in [0.2, 0.25) is 0 Å². The van der Waals surface area contributed by atoms with Gasteiger partial charge in [-0.25, -0.2) is 8.78 Å². The van der Waals surface area contributed by atoms with Crippen molar-refractivity contribution in [3.8, 4) is 6.07 Å². The molecule has 1 aromatic carbocycles. The summed E-state index contributed by atoms with van der Waals surface area (Å²) in [6, 6.07) is 4.57. The van der Waals surface area contributed by atoms with Crippen LogP contribution in [0.3, 0.4) is 0 Å². The zero-order valence-electron chi connectivity index (χ0n) is 11.3. The predicted molar refractivity (Wildman–Crippen MR) is 70.5 cm³/mol. The van der Waals surface area contributed by atoms with E-state index in [4.69, 9.17) is 5.26 Å². The summed E-state index contributed by atoms with van der Waals surface area (Å²) in [5.74, 6) is -0.407. The van der Waals surface area contributed by atoms with E-state index in [9.17, 15) is 8.78 Å². The van der Waals surface area contributed by atoms with Crippen molar-refractivity contribution in [2.45, 2.75) is 45.4 Å². The monoisotopic (exact) mass is 263 g/mol. The molecule has 1 saturated carbocycles. The SMILES string of the molecule is CC1CCC(CCc2ccc(C#N)c(F)c2F)CC1. The maximum atomic E-state index is 13.7. The third-order valence-corrected chi connectivity index (χ3v) is 4.24. The summed E-state index contributed by atoms with van der Waals surface area (Å²) in [6.07, 6.45) is 6.36. The fourth-order valence-corrected chi connectivity index (χ4v) is 2.85. The van der Waals surface area contributed by atoms with Crippen molar-refractivity contribution in [3.05, 3.63) is 34.9 Å². The van der Waals surface area contributed by atoms with Crippen LogP contribution in [-0.2, 0) is 6.42 Å². The minimum Gasteiger partial charge on any atom is -0.203 e. The molecule has 0 saturated heterocycles. The summed E-state index contributed by atoms with van der Waals surface area (Å²) >= 11 is 0. The molecule has 0 amide bonds. The molecule has 0 atom stereocenters. The van der Waals surface area contributed by atoms with Gasteiger partial charge in [-0.15, -0.1) is 0 Å². The summed E-state index contributed by atoms with van der Waals surface area (Å²) < 4.78 is 27.2. The van der Waals surface area contributed by atoms with Crippen molar-refractivity contribution in [2.75, 3.05) is 0 Å². The van der Waals surface area contributed by atoms with Crippen LogP contribution in [0.4, 0.5) is 8.78 Å². The molecule has 0 aromatic heterocycles. The van der Waals surface area contributed by atoms with Gasteiger partial charge in [0.05, 0.1) is 5.56 Å². The Morgan fingerprint density at radius 1 is 1.16 bits per heavy atom. The molecular weight excluding hydrogens is 244 g/mol. The number of hydrogen-bond donors (Lipinski definition) is 0. The van der Waals surface area contributed by atoms with Crippen molar-refractivity contribution < 1.29 is 8.78 Å². The molecule has 3 heteroatoms. The summed E-state index contributed by atoms with van der Waals surface area (Å²) in [4.78, 5) is 0. The number of nitriles is 1. The molecule has 1 nitrogen and oxygen atoms in total. The van der Waals surface area contributed by atoms with Crippen LogP contribution in [0, 0.1) is 34.8 Å². The average molecular weight is 263 g/mol. The molecule has 1 fully saturated rings. The van der Waals surface area contributed by atoms with Gasteiger partial charge in [0, 0.05) is 0 Å². The van der Waals surface area contributed by atoms with Crippen LogP contribution in [0.25, 0.3) is 0 Å². The van der Waals surface area contributed by atoms with Crippen molar-refractivity contribution >= 4 is 0 Å². The van der Waals surface area contributed by atoms with Gasteiger partial charge >= 0.3 is 0 Å². The van der Waals surface area contributed by atoms with Gasteiger partial charge in [0.25, 0.3) is 0 Å². The smallest absolute Gasteiger partial charge is 0.176 e. The molecule has 0 heterocycles. The van der Waals surface area contributed by atoms with E-state index in [1.807, 2.05) is 0 Å². The van der Waals surface area contributed by atoms with E-state index in [0.29, 0.717) is 17.9 Å². The highest BCUT2D eigenvalue weighted by Crippen LogP contribution is 2.31. The molecule has 102 valence electrons. The molecule has 0 aliphatic heterocycles. The Balaban J connectivity index is 1.97. The Kier molecular flexibility index (Phi) is 4.52. The van der Waals surface area contributed by atoms with Crippen LogP contribution < -0.4 is 0 Å². The van der Waals surface area contributed by atoms with Gasteiger partial charge in [-0.2, -0.15) is 5.26 Å². The third-order valence-electron chi connectivity index (χ3n) is 4.24. The summed E-state index contributed by atoms with van der Waals surface area (Å²) in [6.45, 7) is 2.27. The lowest BCUT2D eigenvalue weighted by atomic mass is 9.80. The zero-order valence-corrected chi connectivity index (χ0v) is 11.3. The Morgan fingerprint density at radius 2 is 1.84 bits per heavy atom. The van der Waals surface area contributed by atoms with E-state index < -0.39 is 11.6 Å². The second-order valence-electron chi connectivity index (χ2n) is 5.68. The lowest BCUT2D eigenvalue weighted by Crippen LogP contribution is -2.13. The molecule has 0 bridgehead atoms. The highest BCUT2D eigenvalue weighted by atomic mass is 19.2. The largest absolute Gasteiger partial charge is 0.203 e. The van der Waals surface area contributed by atoms with Gasteiger partial charge in [0.15, 0.2) is 11.6 Å². The van der Waals surface area contributed by atoms with E-state index in [0.717, 1.165) is 12.3 Å². The fraction of sp³-hybridized carbons (Fsp3) is 0.562. The first-order valence-corrected chi connectivity index (χ1v) is 6.98. The Hall–Kier alpha value is -1.43. The molecular formula is C16H19F2N. The summed E-state index contributed by atoms with van der Waals surface area (Å²) in [7, 11) is 0. The van der Waals surface area contributed by atoms with Gasteiger partial charge in [-0.1, -0.05) is 38.7 Å². The van der Waals surface area contributed by atoms with Crippen molar-refractivity contribution in [2.24, 2.45) is 11.8 Å². The number of aryl methyl sites for hydroxylation is 1. The fourth-order valence-electron chi connectivity index (χ4n) is 2.85. The first-order chi connectivity index (χ1) is 9.11. The second kappa shape index (κ2) is 6.14. The maximum Gasteiger partial charge on any atom is 0.176 e. The molecule has 0 spiro atoms. The Bertz CT molecular complexity index is 482. The lowest BCUT2D eigenvalue weighted by molar-refractivity contribution is 0.277. The molecule has 0 radical (unpaired) electrons. The topological polar surface area (TPSA) is 23.8 Å². The maximum absolute atomic E-state index is 13.7. The first kappa shape index (κ1) is 14.0. The van der Waals surface area contributed by atoms with Crippen LogP contribution in [-0.4, -0.2) is 0 Å². The Morgan fingerprint density at radius 3 is 2.47 bits per heavy atom. The van der Waals surface area contributed by atoms with Crippen LogP contribution in [0.5, 0.6) is 0 Å². The number of nitrogens with zero attached hydrogens (tertiary/aromatic N) is 1. The quantitative estimate of drug-likeness (QED) is 0.782. The molecule has 0 unspecified atom stereocenters. The average Bonchev–Trinajstić information content (AvgIpc) is 2.42. The molecule has 19 heavy (non-hydrogen) atoms. The van der Waals surface area contributed by atoms with Crippen molar-refractivity contribution in [3.63, 3.8) is 0 Å². The number of hydrogen-bond acceptors (Lipinski definition) is 1. The van der Waals surface area contributed by atoms with Crippen molar-refractivity contribution in [1.82, 2.24) is 0 Å². The lowest BCUT2D eigenvalue weighted by Gasteiger charge is -2.26. The van der Waals surface area contributed by atoms with E-state index in [1.165, 1.54) is 31.7 Å². The Labute approximate surface area is 113 Å². The van der Waals surface area contributed by atoms with Crippen LogP contribution >= 0.6 is 0 Å². The summed E-state index contributed by atoms with van der Waals surface area (Å²) in [5.41, 5.74) is 0.183. The van der Waals surface area contributed by atoms with Crippen LogP contribution in [0.1, 0.15) is 50.2 Å². The minimum atomic E-state index is -1.00. The van der Waals surface area contributed by atoms with E-state index in [2.05, 4.69) is 6.92 Å².